The molecule has 2 N–H and O–H groups in total. The van der Waals surface area contributed by atoms with Crippen molar-refractivity contribution in [1.82, 2.24) is 4.90 Å². The Morgan fingerprint density at radius 3 is 2.71 bits per heavy atom. The van der Waals surface area contributed by atoms with E-state index in [2.05, 4.69) is 34.6 Å². The molecule has 1 aromatic carbocycles. The van der Waals surface area contributed by atoms with E-state index in [-0.39, 0.29) is 5.91 Å². The first-order chi connectivity index (χ1) is 10.0. The molecule has 2 atom stereocenters. The first kappa shape index (κ1) is 14.4. The van der Waals surface area contributed by atoms with Crippen LogP contribution in [0.5, 0.6) is 0 Å². The number of amides is 1. The Morgan fingerprint density at radius 1 is 1.33 bits per heavy atom. The molecule has 2 unspecified atom stereocenters. The van der Waals surface area contributed by atoms with Gasteiger partial charge in [-0.25, -0.2) is 0 Å². The molecule has 1 amide bonds. The van der Waals surface area contributed by atoms with Gasteiger partial charge in [-0.3, -0.25) is 9.69 Å². The summed E-state index contributed by atoms with van der Waals surface area (Å²) in [5.74, 6) is -0.0245. The quantitative estimate of drug-likeness (QED) is 0.895. The van der Waals surface area contributed by atoms with Crippen molar-refractivity contribution in [2.75, 3.05) is 17.2 Å². The van der Waals surface area contributed by atoms with Crippen molar-refractivity contribution < 1.29 is 4.79 Å². The minimum absolute atomic E-state index is 0.0245. The Kier molecular flexibility index (Phi) is 3.89. The molecule has 1 heterocycles. The van der Waals surface area contributed by atoms with Crippen LogP contribution in [0.25, 0.3) is 0 Å². The highest BCUT2D eigenvalue weighted by Crippen LogP contribution is 2.34. The molecule has 1 aromatic rings. The number of carbonyl (C=O) groups excluding carboxylic acids is 1. The molecule has 1 saturated carbocycles. The van der Waals surface area contributed by atoms with Gasteiger partial charge in [-0.1, -0.05) is 0 Å². The summed E-state index contributed by atoms with van der Waals surface area (Å²) in [6, 6.07) is 8.23. The largest absolute Gasteiger partial charge is 0.381 e. The van der Waals surface area contributed by atoms with Crippen LogP contribution in [0.3, 0.4) is 0 Å². The lowest BCUT2D eigenvalue weighted by Crippen LogP contribution is -2.31. The van der Waals surface area contributed by atoms with Crippen molar-refractivity contribution in [3.05, 3.63) is 23.8 Å². The third kappa shape index (κ3) is 3.38. The summed E-state index contributed by atoms with van der Waals surface area (Å²) in [7, 11) is 0. The molecule has 1 aliphatic heterocycles. The Hall–Kier alpha value is -1.55. The zero-order valence-electron chi connectivity index (χ0n) is 13.1. The first-order valence-electron chi connectivity index (χ1n) is 7.93. The van der Waals surface area contributed by atoms with Gasteiger partial charge in [-0.15, -0.1) is 0 Å². The predicted molar refractivity (Wildman–Crippen MR) is 86.7 cm³/mol. The normalized spacial score (nSPS) is 25.9. The standard InChI is InChI=1S/C17H25N3O/c1-11-8-14(4-7-17(11)18-13(3)21)19-15-9-12(2)20(10-15)16-5-6-16/h4,7-8,12,15-16,19H,5-6,9-10H2,1-3H3,(H,18,21). The molecule has 0 bridgehead atoms. The van der Waals surface area contributed by atoms with Crippen LogP contribution in [-0.4, -0.2) is 35.5 Å². The number of rotatable bonds is 4. The molecule has 2 aliphatic rings. The fraction of sp³-hybridized carbons (Fsp3) is 0.588. The van der Waals surface area contributed by atoms with Crippen LogP contribution in [0, 0.1) is 6.92 Å². The Bertz CT molecular complexity index is 539. The molecule has 0 aromatic heterocycles. The molecular formula is C17H25N3O. The summed E-state index contributed by atoms with van der Waals surface area (Å²) in [5, 5.41) is 6.51. The fourth-order valence-electron chi connectivity index (χ4n) is 3.39. The number of hydrogen-bond acceptors (Lipinski definition) is 3. The first-order valence-corrected chi connectivity index (χ1v) is 7.93. The van der Waals surface area contributed by atoms with E-state index in [0.29, 0.717) is 12.1 Å². The smallest absolute Gasteiger partial charge is 0.221 e. The van der Waals surface area contributed by atoms with Crippen molar-refractivity contribution in [2.45, 2.75) is 58.2 Å². The molecule has 1 saturated heterocycles. The third-order valence-electron chi connectivity index (χ3n) is 4.55. The topological polar surface area (TPSA) is 44.4 Å². The summed E-state index contributed by atoms with van der Waals surface area (Å²) in [6.07, 6.45) is 3.96. The fourth-order valence-corrected chi connectivity index (χ4v) is 3.39. The number of nitrogens with one attached hydrogen (secondary N) is 2. The van der Waals surface area contributed by atoms with E-state index < -0.39 is 0 Å². The van der Waals surface area contributed by atoms with Crippen molar-refractivity contribution in [3.8, 4) is 0 Å². The van der Waals surface area contributed by atoms with Gasteiger partial charge in [-0.05, 0) is 56.9 Å². The van der Waals surface area contributed by atoms with E-state index >= 15 is 0 Å². The van der Waals surface area contributed by atoms with E-state index in [1.165, 1.54) is 26.2 Å². The van der Waals surface area contributed by atoms with Crippen LogP contribution < -0.4 is 10.6 Å². The Labute approximate surface area is 126 Å². The van der Waals surface area contributed by atoms with Crippen LogP contribution >= 0.6 is 0 Å². The summed E-state index contributed by atoms with van der Waals surface area (Å²) >= 11 is 0. The summed E-state index contributed by atoms with van der Waals surface area (Å²) in [5.41, 5.74) is 3.14. The number of benzene rings is 1. The van der Waals surface area contributed by atoms with Gasteiger partial charge in [-0.2, -0.15) is 0 Å². The zero-order chi connectivity index (χ0) is 15.0. The summed E-state index contributed by atoms with van der Waals surface area (Å²) in [6.45, 7) is 7.06. The summed E-state index contributed by atoms with van der Waals surface area (Å²) < 4.78 is 0. The lowest BCUT2D eigenvalue weighted by molar-refractivity contribution is -0.114. The van der Waals surface area contributed by atoms with E-state index in [1.54, 1.807) is 0 Å². The Morgan fingerprint density at radius 2 is 2.10 bits per heavy atom. The van der Waals surface area contributed by atoms with E-state index in [9.17, 15) is 4.79 Å². The van der Waals surface area contributed by atoms with E-state index in [4.69, 9.17) is 0 Å². The van der Waals surface area contributed by atoms with Crippen LogP contribution in [0.15, 0.2) is 18.2 Å². The number of anilines is 2. The van der Waals surface area contributed by atoms with E-state index in [0.717, 1.165) is 29.5 Å². The second-order valence-electron chi connectivity index (χ2n) is 6.56. The zero-order valence-corrected chi connectivity index (χ0v) is 13.1. The van der Waals surface area contributed by atoms with Gasteiger partial charge in [0.25, 0.3) is 0 Å². The maximum absolute atomic E-state index is 11.1. The molecular weight excluding hydrogens is 262 g/mol. The van der Waals surface area contributed by atoms with Gasteiger partial charge in [0.05, 0.1) is 0 Å². The second-order valence-corrected chi connectivity index (χ2v) is 6.56. The molecule has 21 heavy (non-hydrogen) atoms. The lowest BCUT2D eigenvalue weighted by Gasteiger charge is -2.20. The highest BCUT2D eigenvalue weighted by atomic mass is 16.1. The van der Waals surface area contributed by atoms with Crippen molar-refractivity contribution in [3.63, 3.8) is 0 Å². The number of nitrogens with zero attached hydrogens (tertiary/aromatic N) is 1. The molecule has 4 nitrogen and oxygen atoms in total. The average molecular weight is 287 g/mol. The molecule has 1 aliphatic carbocycles. The molecule has 114 valence electrons. The van der Waals surface area contributed by atoms with Gasteiger partial charge >= 0.3 is 0 Å². The van der Waals surface area contributed by atoms with Gasteiger partial charge in [0.1, 0.15) is 0 Å². The monoisotopic (exact) mass is 287 g/mol. The summed E-state index contributed by atoms with van der Waals surface area (Å²) in [4.78, 5) is 13.8. The van der Waals surface area contributed by atoms with Crippen LogP contribution in [0.2, 0.25) is 0 Å². The second kappa shape index (κ2) is 5.68. The lowest BCUT2D eigenvalue weighted by atomic mass is 10.1. The highest BCUT2D eigenvalue weighted by Gasteiger charge is 2.38. The number of hydrogen-bond donors (Lipinski definition) is 2. The Balaban J connectivity index is 1.62. The van der Waals surface area contributed by atoms with Crippen LogP contribution in [0.1, 0.15) is 38.7 Å². The van der Waals surface area contributed by atoms with Gasteiger partial charge in [0.15, 0.2) is 0 Å². The maximum Gasteiger partial charge on any atom is 0.221 e. The molecule has 4 heteroatoms. The van der Waals surface area contributed by atoms with Gasteiger partial charge < -0.3 is 10.6 Å². The van der Waals surface area contributed by atoms with Crippen molar-refractivity contribution in [1.29, 1.82) is 0 Å². The van der Waals surface area contributed by atoms with Gasteiger partial charge in [0, 0.05) is 43.0 Å². The molecule has 2 fully saturated rings. The van der Waals surface area contributed by atoms with Crippen LogP contribution in [0.4, 0.5) is 11.4 Å². The van der Waals surface area contributed by atoms with Gasteiger partial charge in [0.2, 0.25) is 5.91 Å². The minimum atomic E-state index is -0.0245. The third-order valence-corrected chi connectivity index (χ3v) is 4.55. The van der Waals surface area contributed by atoms with E-state index in [1.807, 2.05) is 13.0 Å². The molecule has 3 rings (SSSR count). The number of carbonyl (C=O) groups is 1. The minimum Gasteiger partial charge on any atom is -0.381 e. The number of likely N-dealkylation sites (tertiary alicyclic amines) is 1. The molecule has 0 spiro atoms. The van der Waals surface area contributed by atoms with Crippen molar-refractivity contribution in [2.24, 2.45) is 0 Å². The highest BCUT2D eigenvalue weighted by molar-refractivity contribution is 5.89. The van der Waals surface area contributed by atoms with Crippen LogP contribution in [-0.2, 0) is 4.79 Å². The van der Waals surface area contributed by atoms with Crippen molar-refractivity contribution >= 4 is 17.3 Å². The number of aryl methyl sites for hydroxylation is 1. The SMILES string of the molecule is CC(=O)Nc1ccc(NC2CC(C)N(C3CC3)C2)cc1C. The average Bonchev–Trinajstić information content (AvgIpc) is 3.17. The predicted octanol–water partition coefficient (Wildman–Crippen LogP) is 2.99. The molecule has 0 radical (unpaired) electrons. The maximum atomic E-state index is 11.1.